The molecule has 2 rings (SSSR count). The van der Waals surface area contributed by atoms with E-state index in [0.717, 1.165) is 22.1 Å². The van der Waals surface area contributed by atoms with Gasteiger partial charge in [-0.2, -0.15) is 5.10 Å². The van der Waals surface area contributed by atoms with Crippen molar-refractivity contribution in [1.82, 2.24) is 14.8 Å². The van der Waals surface area contributed by atoms with Crippen molar-refractivity contribution in [1.29, 1.82) is 0 Å². The van der Waals surface area contributed by atoms with Crippen LogP contribution in [0.2, 0.25) is 5.02 Å². The summed E-state index contributed by atoms with van der Waals surface area (Å²) in [5.41, 5.74) is 3.29. The molecule has 1 aromatic heterocycles. The Morgan fingerprint density at radius 3 is 2.41 bits per heavy atom. The summed E-state index contributed by atoms with van der Waals surface area (Å²) in [6.45, 7) is 8.28. The van der Waals surface area contributed by atoms with Crippen LogP contribution < -0.4 is 0 Å². The average molecular weight is 250 g/mol. The van der Waals surface area contributed by atoms with Crippen LogP contribution in [0.4, 0.5) is 0 Å². The summed E-state index contributed by atoms with van der Waals surface area (Å²) in [6, 6.07) is 4.17. The lowest BCUT2D eigenvalue weighted by Gasteiger charge is -2.13. The summed E-state index contributed by atoms with van der Waals surface area (Å²) < 4.78 is 1.78. The molecule has 1 heterocycles. The lowest BCUT2D eigenvalue weighted by molar-refractivity contribution is 0.824. The van der Waals surface area contributed by atoms with Crippen molar-refractivity contribution >= 4 is 11.6 Å². The van der Waals surface area contributed by atoms with Gasteiger partial charge in [-0.05, 0) is 37.0 Å². The maximum Gasteiger partial charge on any atom is 0.138 e. The lowest BCUT2D eigenvalue weighted by Crippen LogP contribution is -2.04. The van der Waals surface area contributed by atoms with Gasteiger partial charge in [0.15, 0.2) is 0 Å². The largest absolute Gasteiger partial charge is 0.220 e. The molecule has 90 valence electrons. The quantitative estimate of drug-likeness (QED) is 0.813. The van der Waals surface area contributed by atoms with E-state index in [1.165, 1.54) is 5.56 Å². The van der Waals surface area contributed by atoms with E-state index in [0.29, 0.717) is 5.92 Å². The van der Waals surface area contributed by atoms with Gasteiger partial charge in [0.2, 0.25) is 0 Å². The molecule has 0 aliphatic rings. The summed E-state index contributed by atoms with van der Waals surface area (Å²) in [5, 5.41) is 4.93. The van der Waals surface area contributed by atoms with E-state index in [4.69, 9.17) is 11.6 Å². The van der Waals surface area contributed by atoms with Crippen LogP contribution in [0.5, 0.6) is 0 Å². The molecule has 0 bridgehead atoms. The highest BCUT2D eigenvalue weighted by Gasteiger charge is 2.12. The summed E-state index contributed by atoms with van der Waals surface area (Å²) >= 11 is 6.35. The molecule has 0 radical (unpaired) electrons. The molecule has 2 aromatic rings. The van der Waals surface area contributed by atoms with Crippen molar-refractivity contribution < 1.29 is 0 Å². The molecule has 17 heavy (non-hydrogen) atoms. The van der Waals surface area contributed by atoms with E-state index in [2.05, 4.69) is 30.0 Å². The summed E-state index contributed by atoms with van der Waals surface area (Å²) in [6.07, 6.45) is 1.54. The van der Waals surface area contributed by atoms with Gasteiger partial charge in [0, 0.05) is 0 Å². The van der Waals surface area contributed by atoms with Crippen LogP contribution >= 0.6 is 11.6 Å². The van der Waals surface area contributed by atoms with Crippen LogP contribution in [-0.2, 0) is 0 Å². The van der Waals surface area contributed by atoms with Gasteiger partial charge in [-0.15, -0.1) is 0 Å². The third kappa shape index (κ3) is 2.20. The fraction of sp³-hybridized carbons (Fsp3) is 0.385. The van der Waals surface area contributed by atoms with E-state index < -0.39 is 0 Å². The number of aromatic nitrogens is 3. The molecular weight excluding hydrogens is 234 g/mol. The molecule has 0 aliphatic heterocycles. The predicted octanol–water partition coefficient (Wildman–Crippen LogP) is 3.66. The molecule has 0 saturated carbocycles. The van der Waals surface area contributed by atoms with Crippen LogP contribution in [0.1, 0.15) is 36.7 Å². The van der Waals surface area contributed by atoms with Gasteiger partial charge < -0.3 is 0 Å². The highest BCUT2D eigenvalue weighted by molar-refractivity contribution is 6.32. The first-order chi connectivity index (χ1) is 8.00. The van der Waals surface area contributed by atoms with Gasteiger partial charge in [0.05, 0.1) is 10.7 Å². The Bertz CT molecular complexity index is 520. The maximum atomic E-state index is 6.35. The smallest absolute Gasteiger partial charge is 0.138 e. The van der Waals surface area contributed by atoms with Crippen molar-refractivity contribution in [3.8, 4) is 5.69 Å². The second-order valence-corrected chi connectivity index (χ2v) is 4.95. The van der Waals surface area contributed by atoms with Crippen molar-refractivity contribution in [3.05, 3.63) is 40.4 Å². The second-order valence-electron chi connectivity index (χ2n) is 4.54. The summed E-state index contributed by atoms with van der Waals surface area (Å²) in [5.74, 6) is 1.31. The van der Waals surface area contributed by atoms with E-state index in [1.54, 1.807) is 11.0 Å². The first-order valence-electron chi connectivity index (χ1n) is 5.67. The number of benzene rings is 1. The zero-order chi connectivity index (χ0) is 12.6. The molecule has 0 atom stereocenters. The first kappa shape index (κ1) is 12.1. The molecule has 0 aliphatic carbocycles. The van der Waals surface area contributed by atoms with Crippen molar-refractivity contribution in [2.45, 2.75) is 33.6 Å². The third-order valence-electron chi connectivity index (χ3n) is 2.87. The molecule has 0 N–H and O–H groups in total. The zero-order valence-corrected chi connectivity index (χ0v) is 11.3. The second kappa shape index (κ2) is 4.49. The SMILES string of the molecule is Cc1cc(C(C)C)cc(Cl)c1-n1ncnc1C. The summed E-state index contributed by atoms with van der Waals surface area (Å²) in [7, 11) is 0. The Hall–Kier alpha value is -1.35. The van der Waals surface area contributed by atoms with Crippen LogP contribution in [-0.4, -0.2) is 14.8 Å². The number of nitrogens with zero attached hydrogens (tertiary/aromatic N) is 3. The molecule has 4 heteroatoms. The maximum absolute atomic E-state index is 6.35. The number of hydrogen-bond acceptors (Lipinski definition) is 2. The monoisotopic (exact) mass is 249 g/mol. The van der Waals surface area contributed by atoms with Gasteiger partial charge in [-0.1, -0.05) is 31.5 Å². The van der Waals surface area contributed by atoms with Gasteiger partial charge >= 0.3 is 0 Å². The Morgan fingerprint density at radius 2 is 1.94 bits per heavy atom. The van der Waals surface area contributed by atoms with Crippen molar-refractivity contribution in [3.63, 3.8) is 0 Å². The minimum absolute atomic E-state index is 0.470. The first-order valence-corrected chi connectivity index (χ1v) is 6.05. The Balaban J connectivity index is 2.61. The Morgan fingerprint density at radius 1 is 1.24 bits per heavy atom. The fourth-order valence-electron chi connectivity index (χ4n) is 1.88. The van der Waals surface area contributed by atoms with Crippen molar-refractivity contribution in [2.24, 2.45) is 0 Å². The van der Waals surface area contributed by atoms with E-state index in [-0.39, 0.29) is 0 Å². The molecule has 0 fully saturated rings. The number of hydrogen-bond donors (Lipinski definition) is 0. The molecule has 0 amide bonds. The third-order valence-corrected chi connectivity index (χ3v) is 3.16. The summed E-state index contributed by atoms with van der Waals surface area (Å²) in [4.78, 5) is 4.13. The van der Waals surface area contributed by atoms with Crippen LogP contribution in [0.25, 0.3) is 5.69 Å². The number of halogens is 1. The van der Waals surface area contributed by atoms with E-state index >= 15 is 0 Å². The fourth-order valence-corrected chi connectivity index (χ4v) is 2.24. The van der Waals surface area contributed by atoms with Gasteiger partial charge in [0.25, 0.3) is 0 Å². The Labute approximate surface area is 106 Å². The standard InChI is InChI=1S/C13H16ClN3/c1-8(2)11-5-9(3)13(12(14)6-11)17-10(4)15-7-16-17/h5-8H,1-4H3. The average Bonchev–Trinajstić information content (AvgIpc) is 2.64. The number of aryl methyl sites for hydroxylation is 2. The highest BCUT2D eigenvalue weighted by Crippen LogP contribution is 2.29. The van der Waals surface area contributed by atoms with Gasteiger partial charge in [-0.3, -0.25) is 0 Å². The van der Waals surface area contributed by atoms with Gasteiger partial charge in [0.1, 0.15) is 12.2 Å². The van der Waals surface area contributed by atoms with Crippen LogP contribution in [0, 0.1) is 13.8 Å². The van der Waals surface area contributed by atoms with E-state index in [9.17, 15) is 0 Å². The Kier molecular flexibility index (Phi) is 3.20. The normalized spacial score (nSPS) is 11.2. The van der Waals surface area contributed by atoms with Crippen LogP contribution in [0.15, 0.2) is 18.5 Å². The molecule has 0 unspecified atom stereocenters. The molecular formula is C13H16ClN3. The molecule has 3 nitrogen and oxygen atoms in total. The van der Waals surface area contributed by atoms with Gasteiger partial charge in [-0.25, -0.2) is 9.67 Å². The zero-order valence-electron chi connectivity index (χ0n) is 10.5. The van der Waals surface area contributed by atoms with E-state index in [1.807, 2.05) is 19.9 Å². The topological polar surface area (TPSA) is 30.7 Å². The van der Waals surface area contributed by atoms with Crippen molar-refractivity contribution in [2.75, 3.05) is 0 Å². The minimum Gasteiger partial charge on any atom is -0.220 e. The predicted molar refractivity (Wildman–Crippen MR) is 69.9 cm³/mol. The number of rotatable bonds is 2. The van der Waals surface area contributed by atoms with Crippen LogP contribution in [0.3, 0.4) is 0 Å². The minimum atomic E-state index is 0.470. The molecule has 0 spiro atoms. The lowest BCUT2D eigenvalue weighted by atomic mass is 10.0. The molecule has 0 saturated heterocycles. The highest BCUT2D eigenvalue weighted by atomic mass is 35.5. The molecule has 1 aromatic carbocycles.